The van der Waals surface area contributed by atoms with Crippen LogP contribution in [-0.4, -0.2) is 62.7 Å². The fourth-order valence-corrected chi connectivity index (χ4v) is 3.85. The van der Waals surface area contributed by atoms with Crippen LogP contribution < -0.4 is 20.1 Å². The average molecular weight is 361 g/mol. The van der Waals surface area contributed by atoms with Gasteiger partial charge in [-0.1, -0.05) is 0 Å². The summed E-state index contributed by atoms with van der Waals surface area (Å²) in [4.78, 5) is 26.1. The number of hydrogen-bond acceptors (Lipinski definition) is 5. The molecule has 2 saturated heterocycles. The van der Waals surface area contributed by atoms with E-state index in [2.05, 4.69) is 10.6 Å². The second-order valence-corrected chi connectivity index (χ2v) is 7.01. The maximum absolute atomic E-state index is 12.9. The Balaban J connectivity index is 1.69. The average Bonchev–Trinajstić information content (AvgIpc) is 3.02. The molecule has 142 valence electrons. The lowest BCUT2D eigenvalue weighted by Crippen LogP contribution is -2.48. The molecule has 2 bridgehead atoms. The normalized spacial score (nSPS) is 24.0. The van der Waals surface area contributed by atoms with Crippen LogP contribution in [0.5, 0.6) is 11.5 Å². The minimum atomic E-state index is -0.229. The van der Waals surface area contributed by atoms with Crippen molar-refractivity contribution >= 4 is 11.8 Å². The van der Waals surface area contributed by atoms with Gasteiger partial charge >= 0.3 is 0 Å². The molecule has 7 nitrogen and oxygen atoms in total. The first kappa shape index (κ1) is 18.5. The molecule has 2 aliphatic rings. The van der Waals surface area contributed by atoms with Gasteiger partial charge in [0.05, 0.1) is 7.11 Å². The topological polar surface area (TPSA) is 79.9 Å². The number of piperidine rings is 1. The zero-order valence-corrected chi connectivity index (χ0v) is 15.6. The monoisotopic (exact) mass is 361 g/mol. The van der Waals surface area contributed by atoms with Gasteiger partial charge in [-0.05, 0) is 43.9 Å². The van der Waals surface area contributed by atoms with Gasteiger partial charge in [-0.3, -0.25) is 9.59 Å². The number of methoxy groups -OCH3 is 1. The Labute approximate surface area is 154 Å². The van der Waals surface area contributed by atoms with Crippen molar-refractivity contribution in [2.24, 2.45) is 0 Å². The predicted octanol–water partition coefficient (Wildman–Crippen LogP) is 1.18. The summed E-state index contributed by atoms with van der Waals surface area (Å²) in [6.07, 6.45) is 4.41. The Morgan fingerprint density at radius 1 is 1.23 bits per heavy atom. The highest BCUT2D eigenvalue weighted by Gasteiger charge is 2.36. The Hall–Kier alpha value is -2.28. The van der Waals surface area contributed by atoms with Crippen LogP contribution in [0.1, 0.15) is 36.0 Å². The summed E-state index contributed by atoms with van der Waals surface area (Å²) in [5.74, 6) is 0.633. The summed E-state index contributed by atoms with van der Waals surface area (Å²) in [6.45, 7) is -0.0993. The van der Waals surface area contributed by atoms with Crippen molar-refractivity contribution in [3.05, 3.63) is 23.8 Å². The summed E-state index contributed by atoms with van der Waals surface area (Å²) < 4.78 is 10.8. The minimum Gasteiger partial charge on any atom is -0.493 e. The third-order valence-corrected chi connectivity index (χ3v) is 5.36. The van der Waals surface area contributed by atoms with Crippen molar-refractivity contribution in [2.45, 2.75) is 43.8 Å². The van der Waals surface area contributed by atoms with E-state index in [1.807, 2.05) is 11.9 Å². The van der Waals surface area contributed by atoms with Gasteiger partial charge in [-0.25, -0.2) is 0 Å². The largest absolute Gasteiger partial charge is 0.493 e. The van der Waals surface area contributed by atoms with Gasteiger partial charge < -0.3 is 25.0 Å². The van der Waals surface area contributed by atoms with E-state index >= 15 is 0 Å². The molecule has 26 heavy (non-hydrogen) atoms. The molecular weight excluding hydrogens is 334 g/mol. The standard InChI is InChI=1S/C19H27N3O4/c1-20-18(23)11-26-16-7-4-12(8-17(16)25-3)19(24)22(2)15-9-13-5-6-14(10-15)21-13/h4,7-8,13-15,21H,5-6,9-11H2,1-3H3,(H,20,23). The summed E-state index contributed by atoms with van der Waals surface area (Å²) >= 11 is 0. The number of carbonyl (C=O) groups excluding carboxylic acids is 2. The van der Waals surface area contributed by atoms with Crippen LogP contribution in [0.25, 0.3) is 0 Å². The van der Waals surface area contributed by atoms with Crippen molar-refractivity contribution in [3.63, 3.8) is 0 Å². The van der Waals surface area contributed by atoms with E-state index in [9.17, 15) is 9.59 Å². The number of benzene rings is 1. The Bertz CT molecular complexity index is 667. The first-order valence-corrected chi connectivity index (χ1v) is 9.06. The van der Waals surface area contributed by atoms with Gasteiger partial charge in [0, 0.05) is 37.8 Å². The van der Waals surface area contributed by atoms with Gasteiger partial charge in [0.2, 0.25) is 0 Å². The van der Waals surface area contributed by atoms with Crippen LogP contribution in [0.2, 0.25) is 0 Å². The molecule has 0 radical (unpaired) electrons. The highest BCUT2D eigenvalue weighted by Crippen LogP contribution is 2.32. The number of ether oxygens (including phenoxy) is 2. The Morgan fingerprint density at radius 2 is 1.92 bits per heavy atom. The molecule has 1 aromatic rings. The van der Waals surface area contributed by atoms with Crippen molar-refractivity contribution in [1.29, 1.82) is 0 Å². The third-order valence-electron chi connectivity index (χ3n) is 5.36. The number of rotatable bonds is 6. The maximum atomic E-state index is 12.9. The fraction of sp³-hybridized carbons (Fsp3) is 0.579. The molecule has 2 amide bonds. The van der Waals surface area contributed by atoms with Crippen LogP contribution in [0, 0.1) is 0 Å². The molecule has 3 rings (SSSR count). The first-order chi connectivity index (χ1) is 12.5. The fourth-order valence-electron chi connectivity index (χ4n) is 3.85. The molecule has 2 N–H and O–H groups in total. The van der Waals surface area contributed by atoms with Gasteiger partial charge in [0.25, 0.3) is 11.8 Å². The van der Waals surface area contributed by atoms with E-state index < -0.39 is 0 Å². The highest BCUT2D eigenvalue weighted by atomic mass is 16.5. The number of hydrogen-bond donors (Lipinski definition) is 2. The van der Waals surface area contributed by atoms with Crippen LogP contribution in [0.15, 0.2) is 18.2 Å². The molecule has 2 aliphatic heterocycles. The summed E-state index contributed by atoms with van der Waals surface area (Å²) in [5, 5.41) is 6.10. The number of fused-ring (bicyclic) bond motifs is 2. The van der Waals surface area contributed by atoms with Crippen molar-refractivity contribution in [3.8, 4) is 11.5 Å². The Morgan fingerprint density at radius 3 is 2.54 bits per heavy atom. The number of carbonyl (C=O) groups is 2. The zero-order chi connectivity index (χ0) is 18.7. The smallest absolute Gasteiger partial charge is 0.257 e. The summed E-state index contributed by atoms with van der Waals surface area (Å²) in [5.41, 5.74) is 0.558. The summed E-state index contributed by atoms with van der Waals surface area (Å²) in [6, 6.07) is 6.39. The molecule has 2 fully saturated rings. The van der Waals surface area contributed by atoms with E-state index in [-0.39, 0.29) is 24.5 Å². The lowest BCUT2D eigenvalue weighted by Gasteiger charge is -2.35. The van der Waals surface area contributed by atoms with Gasteiger partial charge in [0.1, 0.15) is 0 Å². The van der Waals surface area contributed by atoms with Crippen LogP contribution in [0.3, 0.4) is 0 Å². The van der Waals surface area contributed by atoms with Crippen molar-refractivity contribution in [1.82, 2.24) is 15.5 Å². The second-order valence-electron chi connectivity index (χ2n) is 7.01. The SMILES string of the molecule is CNC(=O)COc1ccc(C(=O)N(C)C2CC3CCC(C2)N3)cc1OC. The summed E-state index contributed by atoms with van der Waals surface area (Å²) in [7, 11) is 4.94. The lowest BCUT2D eigenvalue weighted by atomic mass is 9.98. The second kappa shape index (κ2) is 7.95. The van der Waals surface area contributed by atoms with Crippen LogP contribution in [-0.2, 0) is 4.79 Å². The van der Waals surface area contributed by atoms with E-state index in [1.54, 1.807) is 25.2 Å². The number of likely N-dealkylation sites (N-methyl/N-ethyl adjacent to an activating group) is 1. The van der Waals surface area contributed by atoms with E-state index in [4.69, 9.17) is 9.47 Å². The van der Waals surface area contributed by atoms with E-state index in [0.717, 1.165) is 12.8 Å². The third kappa shape index (κ3) is 3.93. The molecule has 2 heterocycles. The highest BCUT2D eigenvalue weighted by molar-refractivity contribution is 5.95. The molecular formula is C19H27N3O4. The van der Waals surface area contributed by atoms with E-state index in [1.165, 1.54) is 20.0 Å². The number of nitrogens with zero attached hydrogens (tertiary/aromatic N) is 1. The molecule has 0 saturated carbocycles. The van der Waals surface area contributed by atoms with Crippen molar-refractivity contribution in [2.75, 3.05) is 27.8 Å². The zero-order valence-electron chi connectivity index (χ0n) is 15.6. The molecule has 0 aliphatic carbocycles. The molecule has 2 atom stereocenters. The molecule has 0 spiro atoms. The van der Waals surface area contributed by atoms with Gasteiger partial charge in [-0.2, -0.15) is 0 Å². The molecule has 1 aromatic carbocycles. The van der Waals surface area contributed by atoms with E-state index in [0.29, 0.717) is 29.1 Å². The molecule has 2 unspecified atom stereocenters. The lowest BCUT2D eigenvalue weighted by molar-refractivity contribution is -0.122. The van der Waals surface area contributed by atoms with Gasteiger partial charge in [-0.15, -0.1) is 0 Å². The maximum Gasteiger partial charge on any atom is 0.257 e. The molecule has 7 heteroatoms. The molecule has 0 aromatic heterocycles. The number of amides is 2. The predicted molar refractivity (Wildman–Crippen MR) is 97.6 cm³/mol. The van der Waals surface area contributed by atoms with Gasteiger partial charge in [0.15, 0.2) is 18.1 Å². The number of nitrogens with one attached hydrogen (secondary N) is 2. The quantitative estimate of drug-likeness (QED) is 0.795. The Kier molecular flexibility index (Phi) is 5.66. The van der Waals surface area contributed by atoms with Crippen molar-refractivity contribution < 1.29 is 19.1 Å². The van der Waals surface area contributed by atoms with Crippen LogP contribution in [0.4, 0.5) is 0 Å². The van der Waals surface area contributed by atoms with Crippen LogP contribution >= 0.6 is 0 Å². The minimum absolute atomic E-state index is 0.0209. The first-order valence-electron chi connectivity index (χ1n) is 9.06.